The zero-order valence-electron chi connectivity index (χ0n) is 13.4. The van der Waals surface area contributed by atoms with Crippen LogP contribution in [0.2, 0.25) is 0 Å². The lowest BCUT2D eigenvalue weighted by molar-refractivity contribution is 0.243. The summed E-state index contributed by atoms with van der Waals surface area (Å²) in [6.45, 7) is 2.20. The van der Waals surface area contributed by atoms with Crippen LogP contribution in [0.4, 0.5) is 18.7 Å². The Kier molecular flexibility index (Phi) is 4.03. The van der Waals surface area contributed by atoms with Gasteiger partial charge in [0.1, 0.15) is 11.6 Å². The van der Waals surface area contributed by atoms with E-state index in [1.165, 1.54) is 23.7 Å². The van der Waals surface area contributed by atoms with Crippen molar-refractivity contribution in [2.75, 3.05) is 24.5 Å². The molecule has 1 atom stereocenters. The molecule has 6 nitrogen and oxygen atoms in total. The summed E-state index contributed by atoms with van der Waals surface area (Å²) in [5.74, 6) is -0.965. The molecular weight excluding hydrogens is 348 g/mol. The van der Waals surface area contributed by atoms with Gasteiger partial charge in [-0.25, -0.2) is 13.6 Å². The Morgan fingerprint density at radius 3 is 2.68 bits per heavy atom. The summed E-state index contributed by atoms with van der Waals surface area (Å²) in [6, 6.07) is 3.17. The minimum absolute atomic E-state index is 0.111. The average molecular weight is 365 g/mol. The van der Waals surface area contributed by atoms with E-state index in [9.17, 15) is 13.6 Å². The molecule has 2 aliphatic heterocycles. The second-order valence-electron chi connectivity index (χ2n) is 6.49. The van der Waals surface area contributed by atoms with Crippen molar-refractivity contribution >= 4 is 22.7 Å². The first kappa shape index (κ1) is 16.2. The van der Waals surface area contributed by atoms with Crippen molar-refractivity contribution in [2.24, 2.45) is 0 Å². The van der Waals surface area contributed by atoms with Gasteiger partial charge < -0.3 is 15.5 Å². The summed E-state index contributed by atoms with van der Waals surface area (Å²) >= 11 is 1.22. The third-order valence-corrected chi connectivity index (χ3v) is 5.49. The number of aromatic nitrogens is 2. The first-order valence-electron chi connectivity index (χ1n) is 8.14. The van der Waals surface area contributed by atoms with E-state index in [4.69, 9.17) is 0 Å². The van der Waals surface area contributed by atoms with E-state index >= 15 is 0 Å². The first-order chi connectivity index (χ1) is 12.0. The van der Waals surface area contributed by atoms with E-state index in [0.717, 1.165) is 43.5 Å². The van der Waals surface area contributed by atoms with Gasteiger partial charge in [0.15, 0.2) is 5.82 Å². The lowest BCUT2D eigenvalue weighted by Gasteiger charge is -2.26. The molecule has 0 aliphatic carbocycles. The van der Waals surface area contributed by atoms with Crippen molar-refractivity contribution in [2.45, 2.75) is 24.8 Å². The third-order valence-electron chi connectivity index (χ3n) is 4.72. The molecule has 3 heterocycles. The highest BCUT2D eigenvalue weighted by Crippen LogP contribution is 2.30. The molecule has 1 aromatic carbocycles. The maximum atomic E-state index is 13.4. The number of hydrogen-bond donors (Lipinski definition) is 2. The van der Waals surface area contributed by atoms with E-state index < -0.39 is 11.6 Å². The minimum atomic E-state index is -0.646. The molecule has 0 bridgehead atoms. The Morgan fingerprint density at radius 1 is 1.16 bits per heavy atom. The molecule has 132 valence electrons. The van der Waals surface area contributed by atoms with Gasteiger partial charge in [0.25, 0.3) is 0 Å². The van der Waals surface area contributed by atoms with Crippen molar-refractivity contribution in [1.29, 1.82) is 0 Å². The fourth-order valence-electron chi connectivity index (χ4n) is 3.41. The van der Waals surface area contributed by atoms with Gasteiger partial charge in [-0.15, -0.1) is 0 Å². The van der Waals surface area contributed by atoms with Crippen molar-refractivity contribution in [3.05, 3.63) is 29.8 Å². The van der Waals surface area contributed by atoms with Crippen molar-refractivity contribution < 1.29 is 13.6 Å². The molecule has 2 saturated heterocycles. The number of benzene rings is 1. The highest BCUT2D eigenvalue weighted by molar-refractivity contribution is 7.09. The van der Waals surface area contributed by atoms with Crippen LogP contribution >= 0.6 is 11.5 Å². The van der Waals surface area contributed by atoms with Crippen LogP contribution in [0.15, 0.2) is 18.2 Å². The number of anilines is 1. The van der Waals surface area contributed by atoms with Gasteiger partial charge in [0.05, 0.1) is 5.54 Å². The summed E-state index contributed by atoms with van der Waals surface area (Å²) in [4.78, 5) is 18.1. The quantitative estimate of drug-likeness (QED) is 0.858. The Balaban J connectivity index is 1.51. The van der Waals surface area contributed by atoms with Crippen molar-refractivity contribution in [3.8, 4) is 11.4 Å². The normalized spacial score (nSPS) is 23.4. The highest BCUT2D eigenvalue weighted by Gasteiger charge is 2.39. The Morgan fingerprint density at radius 2 is 1.96 bits per heavy atom. The molecular formula is C16H17F2N5OS. The molecule has 1 unspecified atom stereocenters. The van der Waals surface area contributed by atoms with Crippen molar-refractivity contribution in [1.82, 2.24) is 20.0 Å². The number of hydrogen-bond acceptors (Lipinski definition) is 5. The molecule has 2 amide bonds. The molecule has 4 rings (SSSR count). The van der Waals surface area contributed by atoms with Gasteiger partial charge in [-0.05, 0) is 31.4 Å². The van der Waals surface area contributed by atoms with E-state index in [-0.39, 0.29) is 11.6 Å². The van der Waals surface area contributed by atoms with E-state index in [1.54, 1.807) is 0 Å². The molecule has 9 heteroatoms. The van der Waals surface area contributed by atoms with E-state index in [2.05, 4.69) is 24.9 Å². The van der Waals surface area contributed by atoms with Gasteiger partial charge in [-0.3, -0.25) is 0 Å². The van der Waals surface area contributed by atoms with Gasteiger partial charge >= 0.3 is 6.03 Å². The molecule has 0 radical (unpaired) electrons. The average Bonchev–Trinajstić information content (AvgIpc) is 3.12. The standard InChI is InChI=1S/C16H17F2N5OS/c17-11-6-10(7-12(18)8-11)13-20-15(25-22-13)23-4-1-2-16(3-5-23)9-19-14(24)21-16/h6-8H,1-5,9H2,(H2,19,21,24). The van der Waals surface area contributed by atoms with Gasteiger partial charge in [0, 0.05) is 42.8 Å². The van der Waals surface area contributed by atoms with Gasteiger partial charge in [-0.2, -0.15) is 9.36 Å². The Labute approximate surface area is 147 Å². The predicted molar refractivity (Wildman–Crippen MR) is 90.6 cm³/mol. The van der Waals surface area contributed by atoms with Gasteiger partial charge in [-0.1, -0.05) is 0 Å². The van der Waals surface area contributed by atoms with Crippen LogP contribution in [0.3, 0.4) is 0 Å². The summed E-state index contributed by atoms with van der Waals surface area (Å²) < 4.78 is 31.0. The van der Waals surface area contributed by atoms with Crippen LogP contribution in [-0.2, 0) is 0 Å². The number of nitrogens with zero attached hydrogens (tertiary/aromatic N) is 3. The Hall–Kier alpha value is -2.29. The van der Waals surface area contributed by atoms with Gasteiger partial charge in [0.2, 0.25) is 5.13 Å². The lowest BCUT2D eigenvalue weighted by Crippen LogP contribution is -2.44. The number of halogens is 2. The van der Waals surface area contributed by atoms with Crippen LogP contribution in [0.1, 0.15) is 19.3 Å². The fourth-order valence-corrected chi connectivity index (χ4v) is 4.15. The molecule has 1 spiro atoms. The zero-order chi connectivity index (χ0) is 17.4. The van der Waals surface area contributed by atoms with Crippen LogP contribution < -0.4 is 15.5 Å². The summed E-state index contributed by atoms with van der Waals surface area (Å²) in [7, 11) is 0. The number of nitrogens with one attached hydrogen (secondary N) is 2. The van der Waals surface area contributed by atoms with Crippen LogP contribution in [0, 0.1) is 11.6 Å². The number of rotatable bonds is 2. The fraction of sp³-hybridized carbons (Fsp3) is 0.438. The lowest BCUT2D eigenvalue weighted by atomic mass is 9.92. The smallest absolute Gasteiger partial charge is 0.315 e. The summed E-state index contributed by atoms with van der Waals surface area (Å²) in [5.41, 5.74) is 0.143. The summed E-state index contributed by atoms with van der Waals surface area (Å²) in [5, 5.41) is 6.60. The number of carbonyl (C=O) groups is 1. The Bertz CT molecular complexity index is 793. The minimum Gasteiger partial charge on any atom is -0.347 e. The predicted octanol–water partition coefficient (Wildman–Crippen LogP) is 2.53. The number of amides is 2. The molecule has 2 N–H and O–H groups in total. The third kappa shape index (κ3) is 3.28. The SMILES string of the molecule is O=C1NCC2(CCCN(c3nc(-c4cc(F)cc(F)c4)ns3)CC2)N1. The second kappa shape index (κ2) is 6.21. The molecule has 2 aromatic rings. The zero-order valence-corrected chi connectivity index (χ0v) is 14.2. The molecule has 2 fully saturated rings. The topological polar surface area (TPSA) is 70.2 Å². The van der Waals surface area contributed by atoms with Crippen LogP contribution in [0.25, 0.3) is 11.4 Å². The van der Waals surface area contributed by atoms with E-state index in [1.807, 2.05) is 0 Å². The maximum Gasteiger partial charge on any atom is 0.315 e. The highest BCUT2D eigenvalue weighted by atomic mass is 32.1. The van der Waals surface area contributed by atoms with Crippen LogP contribution in [0.5, 0.6) is 0 Å². The largest absolute Gasteiger partial charge is 0.347 e. The number of carbonyl (C=O) groups excluding carboxylic acids is 1. The van der Waals surface area contributed by atoms with Crippen LogP contribution in [-0.4, -0.2) is 40.6 Å². The van der Waals surface area contributed by atoms with E-state index in [0.29, 0.717) is 17.9 Å². The molecule has 2 aliphatic rings. The first-order valence-corrected chi connectivity index (χ1v) is 8.92. The number of urea groups is 1. The summed E-state index contributed by atoms with van der Waals surface area (Å²) in [6.07, 6.45) is 2.64. The monoisotopic (exact) mass is 365 g/mol. The van der Waals surface area contributed by atoms with Crippen molar-refractivity contribution in [3.63, 3.8) is 0 Å². The molecule has 0 saturated carbocycles. The molecule has 1 aromatic heterocycles. The second-order valence-corrected chi connectivity index (χ2v) is 7.22. The maximum absolute atomic E-state index is 13.4. The molecule has 25 heavy (non-hydrogen) atoms.